The highest BCUT2D eigenvalue weighted by Crippen LogP contribution is 2.38. The van der Waals surface area contributed by atoms with Crippen LogP contribution in [0.5, 0.6) is 0 Å². The molecule has 1 N–H and O–H groups in total. The monoisotopic (exact) mass is 261 g/mol. The number of nitrogens with zero attached hydrogens (tertiary/aromatic N) is 2. The molecule has 0 radical (unpaired) electrons. The Hall–Kier alpha value is -1.32. The van der Waals surface area contributed by atoms with Gasteiger partial charge >= 0.3 is 0 Å². The van der Waals surface area contributed by atoms with Crippen LogP contribution in [0.25, 0.3) is 0 Å². The minimum Gasteiger partial charge on any atom is -0.351 e. The third-order valence-corrected chi connectivity index (χ3v) is 4.60. The second-order valence-corrected chi connectivity index (χ2v) is 7.06. The van der Waals surface area contributed by atoms with Crippen LogP contribution >= 0.6 is 0 Å². The number of nitrogens with one attached hydrogen (secondary N) is 1. The maximum atomic E-state index is 12.2. The average Bonchev–Trinajstić information content (AvgIpc) is 2.87. The first-order chi connectivity index (χ1) is 8.95. The summed E-state index contributed by atoms with van der Waals surface area (Å²) in [4.78, 5) is 21.8. The summed E-state index contributed by atoms with van der Waals surface area (Å²) in [5, 5.41) is 0. The second-order valence-electron chi connectivity index (χ2n) is 7.06. The van der Waals surface area contributed by atoms with Crippen molar-refractivity contribution in [2.45, 2.75) is 45.4 Å². The highest BCUT2D eigenvalue weighted by atomic mass is 16.1. The fourth-order valence-electron chi connectivity index (χ4n) is 3.41. The Bertz CT molecular complexity index is 517. The summed E-state index contributed by atoms with van der Waals surface area (Å²) in [5.41, 5.74) is 0.805. The molecule has 0 spiro atoms. The Balaban J connectivity index is 1.85. The van der Waals surface area contributed by atoms with Crippen LogP contribution in [0, 0.1) is 11.8 Å². The molecule has 0 amide bonds. The molecule has 3 rings (SSSR count). The van der Waals surface area contributed by atoms with Crippen molar-refractivity contribution in [2.75, 3.05) is 18.0 Å². The van der Waals surface area contributed by atoms with E-state index in [9.17, 15) is 4.79 Å². The minimum atomic E-state index is -0.0633. The number of H-pyrrole nitrogens is 1. The van der Waals surface area contributed by atoms with Gasteiger partial charge in [-0.25, -0.2) is 4.98 Å². The standard InChI is InChI=1S/C15H23N3O/c1-15(2,3)12-7-16-13(14(19)17-12)18-8-10-5-4-6-11(10)9-18/h7,10-11H,4-6,8-9H2,1-3H3,(H,17,19). The third kappa shape index (κ3) is 2.28. The van der Waals surface area contributed by atoms with Gasteiger partial charge in [0.15, 0.2) is 5.82 Å². The largest absolute Gasteiger partial charge is 0.351 e. The Morgan fingerprint density at radius 2 is 1.89 bits per heavy atom. The molecule has 4 nitrogen and oxygen atoms in total. The zero-order valence-corrected chi connectivity index (χ0v) is 12.1. The Morgan fingerprint density at radius 3 is 2.42 bits per heavy atom. The Labute approximate surface area is 114 Å². The number of rotatable bonds is 1. The van der Waals surface area contributed by atoms with Crippen molar-refractivity contribution in [3.8, 4) is 0 Å². The summed E-state index contributed by atoms with van der Waals surface area (Å²) >= 11 is 0. The van der Waals surface area contributed by atoms with E-state index in [1.54, 1.807) is 0 Å². The van der Waals surface area contributed by atoms with Gasteiger partial charge in [-0.1, -0.05) is 27.2 Å². The van der Waals surface area contributed by atoms with Gasteiger partial charge in [0.05, 0.1) is 0 Å². The van der Waals surface area contributed by atoms with Gasteiger partial charge in [-0.15, -0.1) is 0 Å². The van der Waals surface area contributed by atoms with Gasteiger partial charge in [0.25, 0.3) is 5.56 Å². The van der Waals surface area contributed by atoms with E-state index < -0.39 is 0 Å². The van der Waals surface area contributed by atoms with Crippen LogP contribution < -0.4 is 10.5 Å². The molecule has 2 atom stereocenters. The lowest BCUT2D eigenvalue weighted by atomic mass is 9.93. The lowest BCUT2D eigenvalue weighted by Crippen LogP contribution is -2.31. The highest BCUT2D eigenvalue weighted by molar-refractivity contribution is 5.38. The zero-order chi connectivity index (χ0) is 13.6. The molecule has 1 aliphatic heterocycles. The molecule has 2 fully saturated rings. The van der Waals surface area contributed by atoms with Gasteiger partial charge < -0.3 is 9.88 Å². The number of aromatic amines is 1. The predicted octanol–water partition coefficient (Wildman–Crippen LogP) is 2.30. The summed E-state index contributed by atoms with van der Waals surface area (Å²) in [7, 11) is 0. The minimum absolute atomic E-state index is 0.0348. The fraction of sp³-hybridized carbons (Fsp3) is 0.733. The van der Waals surface area contributed by atoms with Gasteiger partial charge in [-0.2, -0.15) is 0 Å². The van der Waals surface area contributed by atoms with Crippen LogP contribution in [0.2, 0.25) is 0 Å². The molecule has 1 aliphatic carbocycles. The summed E-state index contributed by atoms with van der Waals surface area (Å²) in [6.45, 7) is 8.27. The Kier molecular flexibility index (Phi) is 2.91. The van der Waals surface area contributed by atoms with E-state index in [0.29, 0.717) is 5.82 Å². The lowest BCUT2D eigenvalue weighted by Gasteiger charge is -2.21. The predicted molar refractivity (Wildman–Crippen MR) is 76.6 cm³/mol. The number of hydrogen-bond acceptors (Lipinski definition) is 3. The molecular formula is C15H23N3O. The van der Waals surface area contributed by atoms with Gasteiger partial charge in [-0.05, 0) is 24.7 Å². The van der Waals surface area contributed by atoms with Crippen molar-refractivity contribution >= 4 is 5.82 Å². The van der Waals surface area contributed by atoms with Crippen molar-refractivity contribution in [3.05, 3.63) is 22.2 Å². The Morgan fingerprint density at radius 1 is 1.26 bits per heavy atom. The summed E-state index contributed by atoms with van der Waals surface area (Å²) in [6, 6.07) is 0. The van der Waals surface area contributed by atoms with E-state index in [4.69, 9.17) is 0 Å². The quantitative estimate of drug-likeness (QED) is 0.844. The second kappa shape index (κ2) is 4.36. The molecule has 0 bridgehead atoms. The molecule has 1 saturated heterocycles. The number of fused-ring (bicyclic) bond motifs is 1. The average molecular weight is 261 g/mol. The van der Waals surface area contributed by atoms with Crippen molar-refractivity contribution in [1.29, 1.82) is 0 Å². The van der Waals surface area contributed by atoms with Crippen LogP contribution in [0.4, 0.5) is 5.82 Å². The number of anilines is 1. The molecule has 4 heteroatoms. The van der Waals surface area contributed by atoms with Gasteiger partial charge in [0.2, 0.25) is 0 Å². The van der Waals surface area contributed by atoms with E-state index >= 15 is 0 Å². The first-order valence-corrected chi connectivity index (χ1v) is 7.30. The molecule has 1 aromatic heterocycles. The maximum Gasteiger partial charge on any atom is 0.291 e. The molecule has 2 unspecified atom stereocenters. The van der Waals surface area contributed by atoms with Crippen LogP contribution in [-0.2, 0) is 5.41 Å². The molecule has 2 aliphatic rings. The fourth-order valence-corrected chi connectivity index (χ4v) is 3.41. The highest BCUT2D eigenvalue weighted by Gasteiger charge is 2.37. The van der Waals surface area contributed by atoms with Gasteiger partial charge in [0.1, 0.15) is 0 Å². The first-order valence-electron chi connectivity index (χ1n) is 7.30. The van der Waals surface area contributed by atoms with E-state index in [0.717, 1.165) is 30.6 Å². The van der Waals surface area contributed by atoms with E-state index in [1.807, 2.05) is 6.20 Å². The van der Waals surface area contributed by atoms with Crippen molar-refractivity contribution in [1.82, 2.24) is 9.97 Å². The summed E-state index contributed by atoms with van der Waals surface area (Å²) < 4.78 is 0. The summed E-state index contributed by atoms with van der Waals surface area (Å²) in [5.74, 6) is 2.18. The molecule has 1 saturated carbocycles. The molecular weight excluding hydrogens is 238 g/mol. The number of hydrogen-bond donors (Lipinski definition) is 1. The topological polar surface area (TPSA) is 49.0 Å². The van der Waals surface area contributed by atoms with Crippen LogP contribution in [-0.4, -0.2) is 23.1 Å². The van der Waals surface area contributed by atoms with Crippen LogP contribution in [0.3, 0.4) is 0 Å². The van der Waals surface area contributed by atoms with E-state index in [2.05, 4.69) is 35.6 Å². The van der Waals surface area contributed by atoms with E-state index in [-0.39, 0.29) is 11.0 Å². The SMILES string of the molecule is CC(C)(C)c1cnc(N2CC3CCCC3C2)c(=O)[nH]1. The van der Waals surface area contributed by atoms with Crippen molar-refractivity contribution in [2.24, 2.45) is 11.8 Å². The molecule has 104 valence electrons. The van der Waals surface area contributed by atoms with Gasteiger partial charge in [0, 0.05) is 30.4 Å². The third-order valence-electron chi connectivity index (χ3n) is 4.60. The summed E-state index contributed by atoms with van der Waals surface area (Å²) in [6.07, 6.45) is 5.82. The van der Waals surface area contributed by atoms with Crippen molar-refractivity contribution < 1.29 is 0 Å². The molecule has 2 heterocycles. The number of aromatic nitrogens is 2. The van der Waals surface area contributed by atoms with Crippen molar-refractivity contribution in [3.63, 3.8) is 0 Å². The molecule has 19 heavy (non-hydrogen) atoms. The molecule has 0 aromatic carbocycles. The maximum absolute atomic E-state index is 12.2. The first kappa shape index (κ1) is 12.7. The molecule has 1 aromatic rings. The van der Waals surface area contributed by atoms with Crippen LogP contribution in [0.15, 0.2) is 11.0 Å². The smallest absolute Gasteiger partial charge is 0.291 e. The van der Waals surface area contributed by atoms with Crippen LogP contribution in [0.1, 0.15) is 45.7 Å². The normalized spacial score (nSPS) is 26.8. The zero-order valence-electron chi connectivity index (χ0n) is 12.1. The lowest BCUT2D eigenvalue weighted by molar-refractivity contribution is 0.494. The van der Waals surface area contributed by atoms with E-state index in [1.165, 1.54) is 19.3 Å². The van der Waals surface area contributed by atoms with Gasteiger partial charge in [-0.3, -0.25) is 4.79 Å².